The Hall–Kier alpha value is -2.13. The van der Waals surface area contributed by atoms with Crippen LogP contribution in [0.5, 0.6) is 12.0 Å². The highest BCUT2D eigenvalue weighted by Gasteiger charge is 2.31. The Bertz CT molecular complexity index is 832. The van der Waals surface area contributed by atoms with E-state index in [4.69, 9.17) is 15.2 Å². The van der Waals surface area contributed by atoms with Crippen molar-refractivity contribution in [3.05, 3.63) is 0 Å². The van der Waals surface area contributed by atoms with Crippen LogP contribution < -0.4 is 15.2 Å². The van der Waals surface area contributed by atoms with E-state index in [1.54, 1.807) is 7.11 Å². The van der Waals surface area contributed by atoms with Gasteiger partial charge in [0.2, 0.25) is 0 Å². The molecule has 166 valence electrons. The fourth-order valence-corrected chi connectivity index (χ4v) is 4.12. The van der Waals surface area contributed by atoms with Crippen LogP contribution in [-0.2, 0) is 0 Å². The molecule has 0 spiro atoms. The van der Waals surface area contributed by atoms with Crippen LogP contribution in [0.4, 0.5) is 5.82 Å². The predicted octanol–water partition coefficient (Wildman–Crippen LogP) is 2.68. The molecule has 2 aromatic rings. The Morgan fingerprint density at radius 1 is 1.03 bits per heavy atom. The molecule has 30 heavy (non-hydrogen) atoms. The molecule has 2 saturated heterocycles. The fraction of sp³-hybridized carbons (Fsp3) is 0.762. The first-order valence-electron chi connectivity index (χ1n) is 11.4. The zero-order valence-electron chi connectivity index (χ0n) is 18.3. The number of anilines is 1. The van der Waals surface area contributed by atoms with E-state index in [9.17, 15) is 0 Å². The van der Waals surface area contributed by atoms with Gasteiger partial charge < -0.3 is 20.1 Å². The van der Waals surface area contributed by atoms with E-state index in [0.29, 0.717) is 35.6 Å². The zero-order valence-corrected chi connectivity index (χ0v) is 18.3. The minimum Gasteiger partial charge on any atom is -0.468 e. The molecule has 0 aromatic carbocycles. The van der Waals surface area contributed by atoms with Gasteiger partial charge in [0.15, 0.2) is 17.0 Å². The van der Waals surface area contributed by atoms with Gasteiger partial charge in [-0.25, -0.2) is 0 Å². The van der Waals surface area contributed by atoms with Gasteiger partial charge in [0, 0.05) is 13.1 Å². The van der Waals surface area contributed by atoms with Crippen LogP contribution in [0, 0.1) is 0 Å². The third-order valence-corrected chi connectivity index (χ3v) is 6.17. The van der Waals surface area contributed by atoms with E-state index < -0.39 is 0 Å². The van der Waals surface area contributed by atoms with Crippen molar-refractivity contribution < 1.29 is 9.47 Å². The summed E-state index contributed by atoms with van der Waals surface area (Å²) in [5, 5.41) is 0. The normalized spacial score (nSPS) is 18.2. The first kappa shape index (κ1) is 21.1. The number of nitrogen functional groups attached to an aromatic ring is 1. The third kappa shape index (κ3) is 4.46. The van der Waals surface area contributed by atoms with Gasteiger partial charge in [-0.3, -0.25) is 9.47 Å². The maximum Gasteiger partial charge on any atom is 0.320 e. The summed E-state index contributed by atoms with van der Waals surface area (Å²) >= 11 is 0. The number of fused-ring (bicyclic) bond motifs is 1. The number of imidazole rings is 1. The summed E-state index contributed by atoms with van der Waals surface area (Å²) in [7, 11) is 1.65. The molecule has 1 atom stereocenters. The van der Waals surface area contributed by atoms with Crippen molar-refractivity contribution in [2.24, 2.45) is 0 Å². The number of hydrogen-bond acceptors (Lipinski definition) is 8. The molecule has 2 N–H and O–H groups in total. The molecule has 9 heteroatoms. The quantitative estimate of drug-likeness (QED) is 0.527. The van der Waals surface area contributed by atoms with Gasteiger partial charge in [0.25, 0.3) is 6.01 Å². The number of ether oxygens (including phenoxy) is 2. The third-order valence-electron chi connectivity index (χ3n) is 6.17. The second-order valence-electron chi connectivity index (χ2n) is 8.30. The first-order valence-corrected chi connectivity index (χ1v) is 11.4. The minimum absolute atomic E-state index is 0.160. The Labute approximate surface area is 178 Å². The Morgan fingerprint density at radius 2 is 1.83 bits per heavy atom. The average Bonchev–Trinajstić information content (AvgIpc) is 3.03. The van der Waals surface area contributed by atoms with Gasteiger partial charge in [0.05, 0.1) is 19.9 Å². The zero-order chi connectivity index (χ0) is 20.9. The monoisotopic (exact) mass is 417 g/mol. The molecular weight excluding hydrogens is 382 g/mol. The van der Waals surface area contributed by atoms with E-state index in [2.05, 4.69) is 36.2 Å². The van der Waals surface area contributed by atoms with Crippen molar-refractivity contribution in [1.82, 2.24) is 29.3 Å². The molecular formula is C21H35N7O2. The molecule has 2 aromatic heterocycles. The van der Waals surface area contributed by atoms with Crippen molar-refractivity contribution in [3.8, 4) is 12.0 Å². The average molecular weight is 418 g/mol. The molecule has 0 aliphatic carbocycles. The van der Waals surface area contributed by atoms with Gasteiger partial charge >= 0.3 is 6.01 Å². The van der Waals surface area contributed by atoms with E-state index in [-0.39, 0.29) is 6.17 Å². The number of methoxy groups -OCH3 is 1. The molecule has 2 aliphatic rings. The number of aromatic nitrogens is 4. The molecule has 9 nitrogen and oxygen atoms in total. The van der Waals surface area contributed by atoms with Crippen LogP contribution in [0.15, 0.2) is 0 Å². The molecule has 4 rings (SSSR count). The second kappa shape index (κ2) is 9.78. The van der Waals surface area contributed by atoms with Gasteiger partial charge in [-0.2, -0.15) is 15.0 Å². The van der Waals surface area contributed by atoms with E-state index >= 15 is 0 Å². The maximum atomic E-state index is 6.22. The highest BCUT2D eigenvalue weighted by atomic mass is 16.5. The lowest BCUT2D eigenvalue weighted by Crippen LogP contribution is -2.43. The van der Waals surface area contributed by atoms with Crippen LogP contribution in [0.2, 0.25) is 0 Å². The Morgan fingerprint density at radius 3 is 2.47 bits per heavy atom. The van der Waals surface area contributed by atoms with Crippen LogP contribution in [0.3, 0.4) is 0 Å². The summed E-state index contributed by atoms with van der Waals surface area (Å²) in [5.41, 5.74) is 7.50. The smallest absolute Gasteiger partial charge is 0.320 e. The number of rotatable bonds is 12. The number of unbranched alkanes of at least 4 members (excludes halogenated alkanes) is 2. The summed E-state index contributed by atoms with van der Waals surface area (Å²) in [6.45, 7) is 8.58. The lowest BCUT2D eigenvalue weighted by atomic mass is 10.1. The molecule has 1 unspecified atom stereocenters. The molecule has 2 aliphatic heterocycles. The largest absolute Gasteiger partial charge is 0.468 e. The van der Waals surface area contributed by atoms with Gasteiger partial charge in [-0.15, -0.1) is 0 Å². The van der Waals surface area contributed by atoms with Gasteiger partial charge in [-0.1, -0.05) is 13.3 Å². The molecule has 4 heterocycles. The molecule has 0 radical (unpaired) electrons. The number of hydrogen-bond donors (Lipinski definition) is 1. The molecule has 0 amide bonds. The van der Waals surface area contributed by atoms with Crippen LogP contribution in [0.25, 0.3) is 11.2 Å². The molecule has 0 bridgehead atoms. The van der Waals surface area contributed by atoms with Crippen molar-refractivity contribution in [2.75, 3.05) is 52.2 Å². The Kier molecular flexibility index (Phi) is 6.89. The lowest BCUT2D eigenvalue weighted by Gasteiger charge is -2.39. The van der Waals surface area contributed by atoms with Crippen LogP contribution >= 0.6 is 0 Å². The lowest BCUT2D eigenvalue weighted by molar-refractivity contribution is 0.0593. The standard InChI is InChI=1S/C21H35N7O2/c1-3-4-15-30-20-24-18(22)17-19(25-20)28(21(23-17)29-2)16(27-13-8-14-27)9-5-6-10-26-11-7-12-26/h16H,3-15H2,1-2H3,(H2,22,24,25). The summed E-state index contributed by atoms with van der Waals surface area (Å²) in [4.78, 5) is 18.6. The predicted molar refractivity (Wildman–Crippen MR) is 117 cm³/mol. The summed E-state index contributed by atoms with van der Waals surface area (Å²) in [6.07, 6.45) is 8.14. The first-order chi connectivity index (χ1) is 14.7. The number of likely N-dealkylation sites (tertiary alicyclic amines) is 2. The van der Waals surface area contributed by atoms with Crippen molar-refractivity contribution in [2.45, 2.75) is 58.0 Å². The van der Waals surface area contributed by atoms with E-state index in [1.165, 1.54) is 38.9 Å². The topological polar surface area (TPSA) is 94.6 Å². The highest BCUT2D eigenvalue weighted by Crippen LogP contribution is 2.34. The van der Waals surface area contributed by atoms with Crippen LogP contribution in [0.1, 0.15) is 58.0 Å². The van der Waals surface area contributed by atoms with Crippen LogP contribution in [-0.4, -0.2) is 75.8 Å². The highest BCUT2D eigenvalue weighted by molar-refractivity contribution is 5.83. The summed E-state index contributed by atoms with van der Waals surface area (Å²) in [5.74, 6) is 0.337. The minimum atomic E-state index is 0.160. The SMILES string of the molecule is CCCCOc1nc(N)c2nc(OC)n(C(CCCCN3CCC3)N3CCC3)c2n1. The van der Waals surface area contributed by atoms with Gasteiger partial charge in [-0.05, 0) is 58.2 Å². The van der Waals surface area contributed by atoms with Crippen molar-refractivity contribution in [3.63, 3.8) is 0 Å². The fourth-order valence-electron chi connectivity index (χ4n) is 4.12. The van der Waals surface area contributed by atoms with Crippen molar-refractivity contribution >= 4 is 17.0 Å². The molecule has 0 saturated carbocycles. The van der Waals surface area contributed by atoms with E-state index in [0.717, 1.165) is 38.8 Å². The summed E-state index contributed by atoms with van der Waals surface area (Å²) < 4.78 is 13.5. The number of nitrogens with zero attached hydrogens (tertiary/aromatic N) is 6. The number of nitrogens with two attached hydrogens (primary N) is 1. The molecule has 2 fully saturated rings. The Balaban J connectivity index is 1.58. The van der Waals surface area contributed by atoms with E-state index in [1.807, 2.05) is 0 Å². The second-order valence-corrected chi connectivity index (χ2v) is 8.30. The summed E-state index contributed by atoms with van der Waals surface area (Å²) in [6, 6.07) is 0.855. The van der Waals surface area contributed by atoms with Crippen molar-refractivity contribution in [1.29, 1.82) is 0 Å². The maximum absolute atomic E-state index is 6.22. The van der Waals surface area contributed by atoms with Gasteiger partial charge in [0.1, 0.15) is 0 Å².